The van der Waals surface area contributed by atoms with Gasteiger partial charge in [0.05, 0.1) is 26.8 Å². The highest BCUT2D eigenvalue weighted by atomic mass is 32.2. The Morgan fingerprint density at radius 3 is 2.64 bits per heavy atom. The molecule has 0 aliphatic heterocycles. The van der Waals surface area contributed by atoms with Crippen molar-refractivity contribution in [2.75, 3.05) is 0 Å². The molecule has 2 heterocycles. The maximum absolute atomic E-state index is 12.2. The minimum atomic E-state index is -1.16. The van der Waals surface area contributed by atoms with Crippen LogP contribution in [0, 0.1) is 0 Å². The number of nitrogens with zero attached hydrogens (tertiary/aromatic N) is 1. The first-order valence-electron chi connectivity index (χ1n) is 7.42. The Morgan fingerprint density at radius 2 is 2.05 bits per heavy atom. The second-order valence-electron chi connectivity index (χ2n) is 6.40. The van der Waals surface area contributed by atoms with Gasteiger partial charge in [-0.3, -0.25) is 9.78 Å². The number of pyridine rings is 2. The molecule has 2 N–H and O–H groups in total. The summed E-state index contributed by atoms with van der Waals surface area (Å²) in [7, 11) is -1.16. The summed E-state index contributed by atoms with van der Waals surface area (Å²) in [5.74, 6) is 0. The fourth-order valence-corrected chi connectivity index (χ4v) is 2.86. The molecule has 0 radical (unpaired) electrons. The number of fused-ring (bicyclic) bond motifs is 1. The third kappa shape index (κ3) is 3.62. The zero-order valence-electron chi connectivity index (χ0n) is 13.7. The van der Waals surface area contributed by atoms with E-state index in [2.05, 4.69) is 14.7 Å². The Morgan fingerprint density at radius 1 is 1.36 bits per heavy atom. The van der Waals surface area contributed by atoms with E-state index in [0.717, 1.165) is 16.6 Å². The summed E-state index contributed by atoms with van der Waals surface area (Å²) in [6, 6.07) is 3.59. The van der Waals surface area contributed by atoms with Crippen molar-refractivity contribution in [2.24, 2.45) is 0 Å². The second-order valence-corrected chi connectivity index (χ2v) is 8.40. The molecule has 22 heavy (non-hydrogen) atoms. The molecule has 0 amide bonds. The molecule has 5 nitrogen and oxygen atoms in total. The van der Waals surface area contributed by atoms with Crippen LogP contribution < -0.4 is 10.3 Å². The first-order chi connectivity index (χ1) is 10.2. The molecule has 0 spiro atoms. The van der Waals surface area contributed by atoms with Crippen LogP contribution in [-0.4, -0.2) is 18.9 Å². The molecule has 0 saturated carbocycles. The van der Waals surface area contributed by atoms with E-state index in [1.54, 1.807) is 6.20 Å². The molecule has 0 fully saturated rings. The Hall–Kier alpha value is -1.53. The Balaban J connectivity index is 2.33. The van der Waals surface area contributed by atoms with Crippen LogP contribution in [0.15, 0.2) is 23.1 Å². The minimum absolute atomic E-state index is 0.0761. The second kappa shape index (κ2) is 6.30. The third-order valence-electron chi connectivity index (χ3n) is 3.51. The van der Waals surface area contributed by atoms with Crippen molar-refractivity contribution in [3.8, 4) is 0 Å². The summed E-state index contributed by atoms with van der Waals surface area (Å²) >= 11 is 0. The summed E-state index contributed by atoms with van der Waals surface area (Å²) in [5.41, 5.74) is 3.02. The van der Waals surface area contributed by atoms with Crippen LogP contribution in [0.1, 0.15) is 51.8 Å². The molecule has 6 heteroatoms. The fourth-order valence-electron chi connectivity index (χ4n) is 2.04. The molecule has 2 atom stereocenters. The number of hydrogen-bond donors (Lipinski definition) is 2. The van der Waals surface area contributed by atoms with E-state index in [1.165, 1.54) is 0 Å². The van der Waals surface area contributed by atoms with Crippen molar-refractivity contribution < 1.29 is 4.21 Å². The molecule has 2 aromatic rings. The number of H-pyrrole nitrogens is 1. The van der Waals surface area contributed by atoms with E-state index in [9.17, 15) is 9.00 Å². The van der Waals surface area contributed by atoms with Crippen LogP contribution in [-0.2, 0) is 17.4 Å². The number of nitrogens with one attached hydrogen (secondary N) is 2. The smallest absolute Gasteiger partial charge is 0.251 e. The van der Waals surface area contributed by atoms with Crippen molar-refractivity contribution in [1.29, 1.82) is 0 Å². The van der Waals surface area contributed by atoms with Crippen molar-refractivity contribution in [3.63, 3.8) is 0 Å². The fraction of sp³-hybridized carbons (Fsp3) is 0.500. The van der Waals surface area contributed by atoms with Crippen LogP contribution >= 0.6 is 0 Å². The van der Waals surface area contributed by atoms with Gasteiger partial charge in [-0.25, -0.2) is 8.93 Å². The highest BCUT2D eigenvalue weighted by Crippen LogP contribution is 2.19. The van der Waals surface area contributed by atoms with Crippen molar-refractivity contribution in [2.45, 2.75) is 51.8 Å². The van der Waals surface area contributed by atoms with Crippen LogP contribution in [0.4, 0.5) is 0 Å². The maximum atomic E-state index is 12.2. The van der Waals surface area contributed by atoms with Gasteiger partial charge in [0.1, 0.15) is 0 Å². The largest absolute Gasteiger partial charge is 0.320 e. The maximum Gasteiger partial charge on any atom is 0.251 e. The number of rotatable bonds is 4. The topological polar surface area (TPSA) is 74.8 Å². The van der Waals surface area contributed by atoms with Crippen molar-refractivity contribution >= 4 is 22.0 Å². The molecule has 120 valence electrons. The zero-order valence-corrected chi connectivity index (χ0v) is 14.5. The summed E-state index contributed by atoms with van der Waals surface area (Å²) in [6.45, 7) is 9.64. The van der Waals surface area contributed by atoms with Gasteiger partial charge in [0.2, 0.25) is 0 Å². The monoisotopic (exact) mass is 321 g/mol. The van der Waals surface area contributed by atoms with E-state index in [4.69, 9.17) is 0 Å². The molecular weight excluding hydrogens is 298 g/mol. The number of aryl methyl sites for hydroxylation is 1. The zero-order chi connectivity index (χ0) is 16.5. The molecule has 0 aliphatic rings. The quantitative estimate of drug-likeness (QED) is 0.909. The molecule has 2 aromatic heterocycles. The molecular formula is C16H23N3O2S. The van der Waals surface area contributed by atoms with E-state index in [-0.39, 0.29) is 16.3 Å². The average molecular weight is 321 g/mol. The Kier molecular flexibility index (Phi) is 4.82. The van der Waals surface area contributed by atoms with E-state index >= 15 is 0 Å². The van der Waals surface area contributed by atoms with Crippen molar-refractivity contribution in [1.82, 2.24) is 14.7 Å². The Labute approximate surface area is 133 Å². The van der Waals surface area contributed by atoms with E-state index in [0.29, 0.717) is 11.9 Å². The standard InChI is InChI=1S/C16H23N3O2S/c1-6-11-7-13-14(18-15(11)20)8-12(9-17-13)10(2)19-22(21)16(3,4)5/h7-10,19H,6H2,1-5H3,(H,18,20)/t10-,22+/m0/s1. The lowest BCUT2D eigenvalue weighted by Crippen LogP contribution is -2.34. The first-order valence-corrected chi connectivity index (χ1v) is 8.57. The lowest BCUT2D eigenvalue weighted by atomic mass is 10.1. The summed E-state index contributed by atoms with van der Waals surface area (Å²) in [4.78, 5) is 19.2. The number of aromatic nitrogens is 2. The predicted octanol–water partition coefficient (Wildman–Crippen LogP) is 2.60. The molecule has 0 aromatic carbocycles. The minimum Gasteiger partial charge on any atom is -0.320 e. The first kappa shape index (κ1) is 16.8. The highest BCUT2D eigenvalue weighted by Gasteiger charge is 2.22. The van der Waals surface area contributed by atoms with Crippen molar-refractivity contribution in [3.05, 3.63) is 39.8 Å². The van der Waals surface area contributed by atoms with E-state index in [1.807, 2.05) is 46.8 Å². The Bertz CT molecular complexity index is 762. The van der Waals surface area contributed by atoms with Gasteiger partial charge in [-0.05, 0) is 51.8 Å². The molecule has 0 unspecified atom stereocenters. The van der Waals surface area contributed by atoms with Gasteiger partial charge in [-0.2, -0.15) is 0 Å². The van der Waals surface area contributed by atoms with Crippen LogP contribution in [0.2, 0.25) is 0 Å². The van der Waals surface area contributed by atoms with Crippen LogP contribution in [0.25, 0.3) is 11.0 Å². The number of aromatic amines is 1. The van der Waals surface area contributed by atoms with Gasteiger partial charge in [0, 0.05) is 17.8 Å². The van der Waals surface area contributed by atoms with Gasteiger partial charge >= 0.3 is 0 Å². The molecule has 0 bridgehead atoms. The van der Waals surface area contributed by atoms with Gasteiger partial charge in [0.15, 0.2) is 0 Å². The SMILES string of the molecule is CCc1cc2ncc([C@H](C)N[S@](=O)C(C)(C)C)cc2[nH]c1=O. The summed E-state index contributed by atoms with van der Waals surface area (Å²) < 4.78 is 14.9. The van der Waals surface area contributed by atoms with Gasteiger partial charge in [-0.1, -0.05) is 6.92 Å². The third-order valence-corrected chi connectivity index (χ3v) is 5.19. The van der Waals surface area contributed by atoms with Gasteiger partial charge < -0.3 is 4.98 Å². The van der Waals surface area contributed by atoms with Crippen LogP contribution in [0.5, 0.6) is 0 Å². The number of hydrogen-bond acceptors (Lipinski definition) is 3. The summed E-state index contributed by atoms with van der Waals surface area (Å²) in [6.07, 6.45) is 2.44. The van der Waals surface area contributed by atoms with Gasteiger partial charge in [0.25, 0.3) is 5.56 Å². The molecule has 0 aliphatic carbocycles. The lowest BCUT2D eigenvalue weighted by molar-refractivity contribution is 0.616. The molecule has 2 rings (SSSR count). The predicted molar refractivity (Wildman–Crippen MR) is 91.2 cm³/mol. The lowest BCUT2D eigenvalue weighted by Gasteiger charge is -2.22. The van der Waals surface area contributed by atoms with Crippen LogP contribution in [0.3, 0.4) is 0 Å². The highest BCUT2D eigenvalue weighted by molar-refractivity contribution is 7.84. The van der Waals surface area contributed by atoms with Gasteiger partial charge in [-0.15, -0.1) is 0 Å². The normalized spacial score (nSPS) is 15.0. The summed E-state index contributed by atoms with van der Waals surface area (Å²) in [5, 5.41) is 0. The average Bonchev–Trinajstić information content (AvgIpc) is 2.44. The molecule has 0 saturated heterocycles. The van der Waals surface area contributed by atoms with E-state index < -0.39 is 11.0 Å².